The number of nitriles is 1. The minimum absolute atomic E-state index is 0.0339. The first-order valence-corrected chi connectivity index (χ1v) is 15.5. The maximum atomic E-state index is 9.08. The second kappa shape index (κ2) is 9.86. The van der Waals surface area contributed by atoms with Gasteiger partial charge in [-0.2, -0.15) is 16.6 Å². The highest BCUT2D eigenvalue weighted by Gasteiger charge is 2.41. The average Bonchev–Trinajstić information content (AvgIpc) is 3.52. The molecule has 0 saturated heterocycles. The largest absolute Gasteiger partial charge is 0.418 e. The fourth-order valence-corrected chi connectivity index (χ4v) is 5.98. The molecular weight excluding hydrogens is 486 g/mol. The predicted molar refractivity (Wildman–Crippen MR) is 147 cm³/mol. The van der Waals surface area contributed by atoms with Gasteiger partial charge >= 0.3 is 0 Å². The fourth-order valence-electron chi connectivity index (χ4n) is 3.68. The zero-order valence-electron chi connectivity index (χ0n) is 21.3. The Bertz CT molecular complexity index is 1450. The van der Waals surface area contributed by atoms with E-state index in [1.807, 2.05) is 30.5 Å². The van der Waals surface area contributed by atoms with Crippen LogP contribution in [0.4, 0.5) is 11.4 Å². The number of nitrogens with one attached hydrogen (secondary N) is 1. The van der Waals surface area contributed by atoms with Gasteiger partial charge in [-0.1, -0.05) is 26.8 Å². The monoisotopic (exact) mass is 515 g/mol. The molecule has 2 atom stereocenters. The number of aromatic nitrogens is 2. The van der Waals surface area contributed by atoms with Crippen LogP contribution in [-0.2, 0) is 4.43 Å². The van der Waals surface area contributed by atoms with Gasteiger partial charge in [0.15, 0.2) is 8.32 Å². The summed E-state index contributed by atoms with van der Waals surface area (Å²) in [4.78, 5) is 3.66. The molecule has 0 radical (unpaired) electrons. The molecule has 2 heterocycles. The highest BCUT2D eigenvalue weighted by Crippen LogP contribution is 2.41. The molecule has 4 aromatic rings. The third-order valence-electron chi connectivity index (χ3n) is 6.75. The highest BCUT2D eigenvalue weighted by atomic mass is 32.1. The predicted octanol–water partition coefficient (Wildman–Crippen LogP) is 7.94. The Morgan fingerprint density at radius 3 is 2.50 bits per heavy atom. The molecule has 2 aromatic heterocycles. The summed E-state index contributed by atoms with van der Waals surface area (Å²) in [6.07, 6.45) is -0.269. The Labute approximate surface area is 216 Å². The van der Waals surface area contributed by atoms with Crippen molar-refractivity contribution in [2.75, 3.05) is 5.32 Å². The molecule has 0 aliphatic heterocycles. The second-order valence-electron chi connectivity index (χ2n) is 10.2. The van der Waals surface area contributed by atoms with Crippen molar-refractivity contribution in [2.24, 2.45) is 0 Å². The van der Waals surface area contributed by atoms with Crippen molar-refractivity contribution >= 4 is 41.1 Å². The van der Waals surface area contributed by atoms with Crippen LogP contribution in [0.5, 0.6) is 0 Å². The van der Waals surface area contributed by atoms with Crippen LogP contribution in [0.25, 0.3) is 26.4 Å². The van der Waals surface area contributed by atoms with Crippen LogP contribution in [0.15, 0.2) is 52.3 Å². The zero-order chi connectivity index (χ0) is 26.1. The third-order valence-corrected chi connectivity index (χ3v) is 12.3. The minimum atomic E-state index is -2.10. The SMILES string of the molecule is [C-]#[N+]c1ccc(N[C@@H](c2nnc(-c3ccc(C#N)cc3)o2)C(C)O[Si](C)(C)C(C)(C)C)c2ccsc12. The standard InChI is InChI=1S/C27H29N5O2SSi/c1-17(34-36(6,7)27(2,3)4)23(30-21-12-13-22(29-5)24-20(21)14-15-35-24)26-32-31-25(33-26)19-10-8-18(16-28)9-11-19/h8-15,17,23,30H,1-4,6-7H3/t17?,23-/m1/s1. The number of thiophene rings is 1. The van der Waals surface area contributed by atoms with Gasteiger partial charge in [0.1, 0.15) is 6.04 Å². The summed E-state index contributed by atoms with van der Waals surface area (Å²) in [6.45, 7) is 20.6. The Morgan fingerprint density at radius 2 is 1.86 bits per heavy atom. The molecule has 0 bridgehead atoms. The third kappa shape index (κ3) is 5.05. The maximum Gasteiger partial charge on any atom is 0.247 e. The average molecular weight is 516 g/mol. The van der Waals surface area contributed by atoms with Crippen LogP contribution < -0.4 is 5.32 Å². The molecule has 184 valence electrons. The lowest BCUT2D eigenvalue weighted by Gasteiger charge is -2.40. The number of anilines is 1. The van der Waals surface area contributed by atoms with Crippen LogP contribution in [0, 0.1) is 17.9 Å². The summed E-state index contributed by atoms with van der Waals surface area (Å²) in [5, 5.41) is 24.4. The van der Waals surface area contributed by atoms with Crippen molar-refractivity contribution in [1.82, 2.24) is 10.2 Å². The molecule has 2 aromatic carbocycles. The van der Waals surface area contributed by atoms with Gasteiger partial charge in [0.05, 0.1) is 24.3 Å². The van der Waals surface area contributed by atoms with Crippen molar-refractivity contribution in [1.29, 1.82) is 5.26 Å². The summed E-state index contributed by atoms with van der Waals surface area (Å²) in [5.41, 5.74) is 2.82. The summed E-state index contributed by atoms with van der Waals surface area (Å²) in [6, 6.07) is 14.5. The van der Waals surface area contributed by atoms with Crippen molar-refractivity contribution in [3.05, 3.63) is 70.7 Å². The molecule has 0 spiro atoms. The molecule has 0 aliphatic rings. The number of benzene rings is 2. The summed E-state index contributed by atoms with van der Waals surface area (Å²) in [5.74, 6) is 0.794. The molecule has 36 heavy (non-hydrogen) atoms. The normalized spacial score (nSPS) is 13.7. The fraction of sp³-hybridized carbons (Fsp3) is 0.333. The van der Waals surface area contributed by atoms with E-state index in [-0.39, 0.29) is 11.1 Å². The Morgan fingerprint density at radius 1 is 1.14 bits per heavy atom. The van der Waals surface area contributed by atoms with Gasteiger partial charge in [-0.15, -0.1) is 10.2 Å². The van der Waals surface area contributed by atoms with E-state index >= 15 is 0 Å². The first kappa shape index (κ1) is 25.6. The van der Waals surface area contributed by atoms with E-state index in [0.717, 1.165) is 21.3 Å². The molecule has 0 amide bonds. The van der Waals surface area contributed by atoms with E-state index in [1.54, 1.807) is 35.6 Å². The van der Waals surface area contributed by atoms with Gasteiger partial charge in [0.2, 0.25) is 17.5 Å². The quantitative estimate of drug-likeness (QED) is 0.198. The van der Waals surface area contributed by atoms with Crippen LogP contribution in [0.1, 0.15) is 45.2 Å². The number of fused-ring (bicyclic) bond motifs is 1. The Kier molecular flexibility index (Phi) is 7.01. The van der Waals surface area contributed by atoms with Crippen LogP contribution in [-0.4, -0.2) is 24.6 Å². The highest BCUT2D eigenvalue weighted by molar-refractivity contribution is 7.18. The molecule has 0 aliphatic carbocycles. The number of hydrogen-bond donors (Lipinski definition) is 1. The van der Waals surface area contributed by atoms with E-state index in [4.69, 9.17) is 20.7 Å². The number of rotatable bonds is 7. The summed E-state index contributed by atoms with van der Waals surface area (Å²) < 4.78 is 13.8. The van der Waals surface area contributed by atoms with Crippen molar-refractivity contribution in [3.8, 4) is 17.5 Å². The lowest BCUT2D eigenvalue weighted by atomic mass is 10.1. The lowest BCUT2D eigenvalue weighted by Crippen LogP contribution is -2.45. The van der Waals surface area contributed by atoms with E-state index in [0.29, 0.717) is 23.0 Å². The van der Waals surface area contributed by atoms with E-state index in [1.165, 1.54) is 0 Å². The summed E-state index contributed by atoms with van der Waals surface area (Å²) in [7, 11) is -2.10. The van der Waals surface area contributed by atoms with E-state index in [9.17, 15) is 0 Å². The maximum absolute atomic E-state index is 9.08. The first-order valence-electron chi connectivity index (χ1n) is 11.7. The summed E-state index contributed by atoms with van der Waals surface area (Å²) >= 11 is 1.55. The molecule has 7 nitrogen and oxygen atoms in total. The molecular formula is C27H29N5O2SSi. The molecule has 9 heteroatoms. The van der Waals surface area contributed by atoms with E-state index < -0.39 is 14.4 Å². The lowest BCUT2D eigenvalue weighted by molar-refractivity contribution is 0.166. The smallest absolute Gasteiger partial charge is 0.247 e. The molecule has 4 rings (SSSR count). The first-order chi connectivity index (χ1) is 17.0. The van der Waals surface area contributed by atoms with Crippen LogP contribution in [0.2, 0.25) is 18.1 Å². The Hall–Kier alpha value is -3.50. The van der Waals surface area contributed by atoms with Crippen molar-refractivity contribution in [2.45, 2.75) is 58.0 Å². The zero-order valence-corrected chi connectivity index (χ0v) is 23.1. The minimum Gasteiger partial charge on any atom is -0.418 e. The number of nitrogens with zero attached hydrogens (tertiary/aromatic N) is 4. The molecule has 0 fully saturated rings. The number of hydrogen-bond acceptors (Lipinski definition) is 7. The molecule has 1 N–H and O–H groups in total. The molecule has 0 saturated carbocycles. The van der Waals surface area contributed by atoms with Gasteiger partial charge in [-0.25, -0.2) is 4.85 Å². The second-order valence-corrected chi connectivity index (χ2v) is 15.9. The molecule has 1 unspecified atom stereocenters. The van der Waals surface area contributed by atoms with Gasteiger partial charge < -0.3 is 14.2 Å². The van der Waals surface area contributed by atoms with Gasteiger partial charge in [0.25, 0.3) is 0 Å². The van der Waals surface area contributed by atoms with Gasteiger partial charge in [-0.3, -0.25) is 0 Å². The van der Waals surface area contributed by atoms with Crippen LogP contribution in [0.3, 0.4) is 0 Å². The van der Waals surface area contributed by atoms with Crippen molar-refractivity contribution in [3.63, 3.8) is 0 Å². The van der Waals surface area contributed by atoms with Crippen LogP contribution >= 0.6 is 11.3 Å². The Balaban J connectivity index is 1.72. The topological polar surface area (TPSA) is 88.3 Å². The van der Waals surface area contributed by atoms with Gasteiger partial charge in [0, 0.05) is 21.3 Å². The van der Waals surface area contributed by atoms with Gasteiger partial charge in [-0.05, 0) is 66.8 Å². The van der Waals surface area contributed by atoms with E-state index in [2.05, 4.69) is 60.3 Å². The van der Waals surface area contributed by atoms with Crippen molar-refractivity contribution < 1.29 is 8.84 Å².